The van der Waals surface area contributed by atoms with Crippen LogP contribution in [0.2, 0.25) is 0 Å². The number of aliphatic hydroxyl groups is 1. The third kappa shape index (κ3) is 3.01. The molecule has 0 unspecified atom stereocenters. The fourth-order valence-corrected chi connectivity index (χ4v) is 2.24. The van der Waals surface area contributed by atoms with Crippen molar-refractivity contribution in [3.05, 3.63) is 71.7 Å². The van der Waals surface area contributed by atoms with Gasteiger partial charge in [0.15, 0.2) is 0 Å². The molecule has 0 aliphatic rings. The van der Waals surface area contributed by atoms with Gasteiger partial charge in [0.2, 0.25) is 0 Å². The highest BCUT2D eigenvalue weighted by atomic mass is 19.1. The molecule has 0 fully saturated rings. The Morgan fingerprint density at radius 1 is 1.10 bits per heavy atom. The predicted octanol–water partition coefficient (Wildman–Crippen LogP) is 3.45. The van der Waals surface area contributed by atoms with Crippen LogP contribution in [-0.4, -0.2) is 10.1 Å². The molecule has 1 N–H and O–H groups in total. The number of halogens is 1. The number of aromatic nitrogens is 1. The van der Waals surface area contributed by atoms with Gasteiger partial charge < -0.3 is 9.84 Å². The van der Waals surface area contributed by atoms with Gasteiger partial charge in [0, 0.05) is 23.2 Å². The van der Waals surface area contributed by atoms with Gasteiger partial charge in [0.05, 0.1) is 12.1 Å². The Labute approximate surface area is 121 Å². The third-order valence-electron chi connectivity index (χ3n) is 3.22. The first-order valence-corrected chi connectivity index (χ1v) is 6.62. The van der Waals surface area contributed by atoms with Crippen LogP contribution in [0.4, 0.5) is 4.39 Å². The van der Waals surface area contributed by atoms with E-state index in [1.54, 1.807) is 12.3 Å². The number of hydrogen-bond donors (Lipinski definition) is 1. The highest BCUT2D eigenvalue weighted by Gasteiger charge is 2.05. The monoisotopic (exact) mass is 283 g/mol. The minimum Gasteiger partial charge on any atom is -0.489 e. The lowest BCUT2D eigenvalue weighted by atomic mass is 10.1. The van der Waals surface area contributed by atoms with Crippen LogP contribution in [0.25, 0.3) is 10.9 Å². The van der Waals surface area contributed by atoms with Crippen LogP contribution >= 0.6 is 0 Å². The molecule has 0 saturated carbocycles. The van der Waals surface area contributed by atoms with Crippen LogP contribution in [-0.2, 0) is 13.2 Å². The normalized spacial score (nSPS) is 10.8. The van der Waals surface area contributed by atoms with E-state index in [2.05, 4.69) is 4.98 Å². The lowest BCUT2D eigenvalue weighted by Gasteiger charge is -2.09. The van der Waals surface area contributed by atoms with Gasteiger partial charge in [0.25, 0.3) is 0 Å². The zero-order valence-electron chi connectivity index (χ0n) is 11.3. The van der Waals surface area contributed by atoms with Crippen molar-refractivity contribution in [2.75, 3.05) is 0 Å². The van der Waals surface area contributed by atoms with Crippen molar-refractivity contribution in [1.82, 2.24) is 4.98 Å². The number of fused-ring (bicyclic) bond motifs is 1. The van der Waals surface area contributed by atoms with Gasteiger partial charge in [-0.1, -0.05) is 24.3 Å². The molecule has 4 heteroatoms. The van der Waals surface area contributed by atoms with E-state index in [9.17, 15) is 4.39 Å². The zero-order chi connectivity index (χ0) is 14.7. The number of pyridine rings is 1. The quantitative estimate of drug-likeness (QED) is 0.797. The summed E-state index contributed by atoms with van der Waals surface area (Å²) in [6, 6.07) is 13.9. The standard InChI is InChI=1S/C17H14FNO2/c18-15-7-12(10-20)8-16(9-15)21-11-14-4-1-3-13-5-2-6-19-17(13)14/h1-9,20H,10-11H2. The molecule has 0 saturated heterocycles. The summed E-state index contributed by atoms with van der Waals surface area (Å²) in [5.74, 6) is -0.0282. The number of aliphatic hydroxyl groups excluding tert-OH is 1. The molecule has 0 aliphatic heterocycles. The first kappa shape index (κ1) is 13.5. The molecular weight excluding hydrogens is 269 g/mol. The van der Waals surface area contributed by atoms with Crippen molar-refractivity contribution in [2.24, 2.45) is 0 Å². The van der Waals surface area contributed by atoms with Crippen LogP contribution in [0.15, 0.2) is 54.7 Å². The smallest absolute Gasteiger partial charge is 0.127 e. The Morgan fingerprint density at radius 3 is 2.81 bits per heavy atom. The molecule has 3 nitrogen and oxygen atoms in total. The van der Waals surface area contributed by atoms with Crippen molar-refractivity contribution in [2.45, 2.75) is 13.2 Å². The molecule has 0 aliphatic carbocycles. The van der Waals surface area contributed by atoms with E-state index in [0.717, 1.165) is 16.5 Å². The minimum atomic E-state index is -0.424. The largest absolute Gasteiger partial charge is 0.489 e. The summed E-state index contributed by atoms with van der Waals surface area (Å²) in [6.45, 7) is 0.0760. The molecule has 106 valence electrons. The van der Waals surface area contributed by atoms with Gasteiger partial charge in [0.1, 0.15) is 18.2 Å². The summed E-state index contributed by atoms with van der Waals surface area (Å²) in [6.07, 6.45) is 1.73. The fraction of sp³-hybridized carbons (Fsp3) is 0.118. The highest BCUT2D eigenvalue weighted by molar-refractivity contribution is 5.81. The minimum absolute atomic E-state index is 0.218. The SMILES string of the molecule is OCc1cc(F)cc(OCc2cccc3cccnc23)c1. The van der Waals surface area contributed by atoms with E-state index >= 15 is 0 Å². The average Bonchev–Trinajstić information content (AvgIpc) is 2.52. The molecule has 0 spiro atoms. The topological polar surface area (TPSA) is 42.4 Å². The molecule has 1 heterocycles. The zero-order valence-corrected chi connectivity index (χ0v) is 11.3. The summed E-state index contributed by atoms with van der Waals surface area (Å²) in [5, 5.41) is 10.1. The van der Waals surface area contributed by atoms with Crippen LogP contribution < -0.4 is 4.74 Å². The van der Waals surface area contributed by atoms with E-state index in [-0.39, 0.29) is 6.61 Å². The Kier molecular flexibility index (Phi) is 3.79. The first-order valence-electron chi connectivity index (χ1n) is 6.62. The van der Waals surface area contributed by atoms with E-state index in [1.165, 1.54) is 12.1 Å². The first-order chi connectivity index (χ1) is 10.3. The highest BCUT2D eigenvalue weighted by Crippen LogP contribution is 2.21. The maximum atomic E-state index is 13.4. The molecule has 0 atom stereocenters. The second-order valence-corrected chi connectivity index (χ2v) is 4.73. The Bertz CT molecular complexity index is 768. The Hall–Kier alpha value is -2.46. The number of para-hydroxylation sites is 1. The molecule has 3 rings (SSSR count). The summed E-state index contributed by atoms with van der Waals surface area (Å²) >= 11 is 0. The van der Waals surface area contributed by atoms with Gasteiger partial charge in [-0.3, -0.25) is 4.98 Å². The molecule has 0 bridgehead atoms. The number of nitrogens with zero attached hydrogens (tertiary/aromatic N) is 1. The van der Waals surface area contributed by atoms with Crippen LogP contribution in [0, 0.1) is 5.82 Å². The number of hydrogen-bond acceptors (Lipinski definition) is 3. The maximum absolute atomic E-state index is 13.4. The number of benzene rings is 2. The van der Waals surface area contributed by atoms with E-state index < -0.39 is 5.82 Å². The lowest BCUT2D eigenvalue weighted by molar-refractivity contribution is 0.277. The molecule has 1 aromatic heterocycles. The second kappa shape index (κ2) is 5.89. The second-order valence-electron chi connectivity index (χ2n) is 4.73. The van der Waals surface area contributed by atoms with Gasteiger partial charge in [-0.2, -0.15) is 0 Å². The van der Waals surface area contributed by atoms with Gasteiger partial charge in [-0.05, 0) is 23.8 Å². The van der Waals surface area contributed by atoms with Crippen molar-refractivity contribution >= 4 is 10.9 Å². The third-order valence-corrected chi connectivity index (χ3v) is 3.22. The Morgan fingerprint density at radius 2 is 1.95 bits per heavy atom. The van der Waals surface area contributed by atoms with Crippen molar-refractivity contribution < 1.29 is 14.2 Å². The summed E-state index contributed by atoms with van der Waals surface area (Å²) in [5.41, 5.74) is 2.29. The molecule has 21 heavy (non-hydrogen) atoms. The van der Waals surface area contributed by atoms with Crippen LogP contribution in [0.3, 0.4) is 0 Å². The van der Waals surface area contributed by atoms with Crippen LogP contribution in [0.1, 0.15) is 11.1 Å². The van der Waals surface area contributed by atoms with Gasteiger partial charge in [-0.15, -0.1) is 0 Å². The summed E-state index contributed by atoms with van der Waals surface area (Å²) in [7, 11) is 0. The Balaban J connectivity index is 1.85. The van der Waals surface area contributed by atoms with E-state index in [4.69, 9.17) is 9.84 Å². The van der Waals surface area contributed by atoms with Crippen molar-refractivity contribution in [3.63, 3.8) is 0 Å². The number of rotatable bonds is 4. The maximum Gasteiger partial charge on any atom is 0.127 e. The lowest BCUT2D eigenvalue weighted by Crippen LogP contribution is -1.98. The molecule has 0 radical (unpaired) electrons. The van der Waals surface area contributed by atoms with Crippen molar-refractivity contribution in [1.29, 1.82) is 0 Å². The predicted molar refractivity (Wildman–Crippen MR) is 78.4 cm³/mol. The number of ether oxygens (including phenoxy) is 1. The van der Waals surface area contributed by atoms with Gasteiger partial charge in [-0.25, -0.2) is 4.39 Å². The molecule has 2 aromatic carbocycles. The molecule has 0 amide bonds. The van der Waals surface area contributed by atoms with Gasteiger partial charge >= 0.3 is 0 Å². The molecular formula is C17H14FNO2. The van der Waals surface area contributed by atoms with E-state index in [0.29, 0.717) is 17.9 Å². The summed E-state index contributed by atoms with van der Waals surface area (Å²) < 4.78 is 19.0. The summed E-state index contributed by atoms with van der Waals surface area (Å²) in [4.78, 5) is 4.35. The van der Waals surface area contributed by atoms with Crippen molar-refractivity contribution in [3.8, 4) is 5.75 Å². The molecule has 3 aromatic rings. The van der Waals surface area contributed by atoms with E-state index in [1.807, 2.05) is 30.3 Å². The van der Waals surface area contributed by atoms with Crippen LogP contribution in [0.5, 0.6) is 5.75 Å². The average molecular weight is 283 g/mol. The fourth-order valence-electron chi connectivity index (χ4n) is 2.24.